The van der Waals surface area contributed by atoms with Crippen LogP contribution in [0.2, 0.25) is 0 Å². The lowest BCUT2D eigenvalue weighted by molar-refractivity contribution is -0.122. The molecular weight excluding hydrogens is 306 g/mol. The van der Waals surface area contributed by atoms with E-state index in [1.807, 2.05) is 0 Å². The molecule has 0 aliphatic carbocycles. The Labute approximate surface area is 131 Å². The summed E-state index contributed by atoms with van der Waals surface area (Å²) in [7, 11) is 0. The van der Waals surface area contributed by atoms with Crippen LogP contribution in [0.25, 0.3) is 0 Å². The van der Waals surface area contributed by atoms with Gasteiger partial charge in [0.2, 0.25) is 5.91 Å². The van der Waals surface area contributed by atoms with Gasteiger partial charge in [0.1, 0.15) is 12.9 Å². The summed E-state index contributed by atoms with van der Waals surface area (Å²) in [5.41, 5.74) is 0.679. The van der Waals surface area contributed by atoms with Crippen LogP contribution in [-0.4, -0.2) is 45.2 Å². The Balaban J connectivity index is 1.70. The SMILES string of the molecule is O=C(Cn1cnnn1)NC1CNCCC1c1ccc(F)c(F)c1. The number of tetrazole rings is 1. The number of amides is 1. The van der Waals surface area contributed by atoms with Crippen LogP contribution in [0.15, 0.2) is 24.5 Å². The highest BCUT2D eigenvalue weighted by Gasteiger charge is 2.28. The number of nitrogens with zero attached hydrogens (tertiary/aromatic N) is 4. The molecule has 0 spiro atoms. The van der Waals surface area contributed by atoms with Crippen molar-refractivity contribution in [2.24, 2.45) is 0 Å². The molecule has 23 heavy (non-hydrogen) atoms. The normalized spacial score (nSPS) is 21.1. The van der Waals surface area contributed by atoms with Crippen molar-refractivity contribution in [2.75, 3.05) is 13.1 Å². The maximum absolute atomic E-state index is 13.5. The fraction of sp³-hybridized carbons (Fsp3) is 0.429. The van der Waals surface area contributed by atoms with Crippen LogP contribution in [0.5, 0.6) is 0 Å². The molecule has 2 atom stereocenters. The van der Waals surface area contributed by atoms with Gasteiger partial charge in [-0.3, -0.25) is 4.79 Å². The Morgan fingerprint density at radius 2 is 2.26 bits per heavy atom. The Morgan fingerprint density at radius 3 is 3.00 bits per heavy atom. The molecule has 0 saturated carbocycles. The first-order valence-electron chi connectivity index (χ1n) is 7.29. The predicted molar refractivity (Wildman–Crippen MR) is 76.3 cm³/mol. The molecule has 1 amide bonds. The smallest absolute Gasteiger partial charge is 0.242 e. The van der Waals surface area contributed by atoms with E-state index in [9.17, 15) is 13.6 Å². The first-order chi connectivity index (χ1) is 11.1. The number of benzene rings is 1. The van der Waals surface area contributed by atoms with Gasteiger partial charge < -0.3 is 10.6 Å². The van der Waals surface area contributed by atoms with Crippen LogP contribution in [0.3, 0.4) is 0 Å². The van der Waals surface area contributed by atoms with Crippen LogP contribution in [0, 0.1) is 11.6 Å². The van der Waals surface area contributed by atoms with Crippen LogP contribution >= 0.6 is 0 Å². The molecule has 7 nitrogen and oxygen atoms in total. The number of aromatic nitrogens is 4. The van der Waals surface area contributed by atoms with Crippen LogP contribution in [-0.2, 0) is 11.3 Å². The molecule has 1 fully saturated rings. The summed E-state index contributed by atoms with van der Waals surface area (Å²) in [6, 6.07) is 3.67. The van der Waals surface area contributed by atoms with Crippen molar-refractivity contribution < 1.29 is 13.6 Å². The fourth-order valence-corrected chi connectivity index (χ4v) is 2.80. The van der Waals surface area contributed by atoms with Crippen molar-refractivity contribution in [1.29, 1.82) is 0 Å². The van der Waals surface area contributed by atoms with E-state index in [2.05, 4.69) is 26.2 Å². The summed E-state index contributed by atoms with van der Waals surface area (Å²) in [4.78, 5) is 12.1. The Kier molecular flexibility index (Phi) is 4.56. The summed E-state index contributed by atoms with van der Waals surface area (Å²) in [6.45, 7) is 1.32. The maximum atomic E-state index is 13.5. The minimum absolute atomic E-state index is 0.00794. The van der Waals surface area contributed by atoms with Gasteiger partial charge in [-0.15, -0.1) is 5.10 Å². The second-order valence-corrected chi connectivity index (χ2v) is 5.45. The number of piperidine rings is 1. The minimum atomic E-state index is -0.875. The Hall–Kier alpha value is -2.42. The van der Waals surface area contributed by atoms with Gasteiger partial charge in [0.05, 0.1) is 0 Å². The molecule has 122 valence electrons. The highest BCUT2D eigenvalue weighted by molar-refractivity contribution is 5.76. The van der Waals surface area contributed by atoms with Gasteiger partial charge in [-0.25, -0.2) is 13.5 Å². The predicted octanol–water partition coefficient (Wildman–Crippen LogP) is 0.213. The highest BCUT2D eigenvalue weighted by Crippen LogP contribution is 2.27. The standard InChI is InChI=1S/C14H16F2N6O/c15-11-2-1-9(5-12(11)16)10-3-4-17-6-13(10)19-14(23)7-22-8-18-20-21-22/h1-2,5,8,10,13,17H,3-4,6-7H2,(H,19,23). The lowest BCUT2D eigenvalue weighted by atomic mass is 9.86. The molecule has 9 heteroatoms. The van der Waals surface area contributed by atoms with Gasteiger partial charge in [-0.1, -0.05) is 6.07 Å². The molecule has 1 saturated heterocycles. The molecule has 1 aliphatic rings. The van der Waals surface area contributed by atoms with Gasteiger partial charge in [0.25, 0.3) is 0 Å². The molecule has 3 rings (SSSR count). The van der Waals surface area contributed by atoms with Crippen molar-refractivity contribution in [3.63, 3.8) is 0 Å². The van der Waals surface area contributed by atoms with Gasteiger partial charge in [0, 0.05) is 18.5 Å². The molecule has 1 aromatic heterocycles. The zero-order valence-corrected chi connectivity index (χ0v) is 12.2. The van der Waals surface area contributed by atoms with E-state index in [1.54, 1.807) is 6.07 Å². The zero-order valence-electron chi connectivity index (χ0n) is 12.2. The number of rotatable bonds is 4. The number of carbonyl (C=O) groups excluding carboxylic acids is 1. The monoisotopic (exact) mass is 322 g/mol. The van der Waals surface area contributed by atoms with E-state index in [1.165, 1.54) is 17.1 Å². The summed E-state index contributed by atoms with van der Waals surface area (Å²) in [5, 5.41) is 16.7. The summed E-state index contributed by atoms with van der Waals surface area (Å²) in [5.74, 6) is -2.07. The molecule has 2 N–H and O–H groups in total. The molecule has 1 aromatic carbocycles. The Morgan fingerprint density at radius 1 is 1.39 bits per heavy atom. The number of nitrogens with one attached hydrogen (secondary N) is 2. The third-order valence-corrected chi connectivity index (χ3v) is 3.90. The first-order valence-corrected chi connectivity index (χ1v) is 7.29. The van der Waals surface area contributed by atoms with E-state index >= 15 is 0 Å². The van der Waals surface area contributed by atoms with Crippen LogP contribution < -0.4 is 10.6 Å². The summed E-state index contributed by atoms with van der Waals surface area (Å²) in [6.07, 6.45) is 2.08. The van der Waals surface area contributed by atoms with Crippen LogP contribution in [0.4, 0.5) is 8.78 Å². The molecule has 0 radical (unpaired) electrons. The molecular formula is C14H16F2N6O. The van der Waals surface area contributed by atoms with E-state index in [0.29, 0.717) is 12.1 Å². The van der Waals surface area contributed by atoms with E-state index in [0.717, 1.165) is 19.0 Å². The molecule has 2 heterocycles. The van der Waals surface area contributed by atoms with E-state index in [-0.39, 0.29) is 24.4 Å². The average molecular weight is 322 g/mol. The topological polar surface area (TPSA) is 84.7 Å². The van der Waals surface area contributed by atoms with Crippen LogP contribution in [0.1, 0.15) is 17.9 Å². The molecule has 2 unspecified atom stereocenters. The third kappa shape index (κ3) is 3.67. The lowest BCUT2D eigenvalue weighted by Gasteiger charge is -2.33. The average Bonchev–Trinajstić information content (AvgIpc) is 3.03. The molecule has 1 aliphatic heterocycles. The van der Waals surface area contributed by atoms with Gasteiger partial charge >= 0.3 is 0 Å². The fourth-order valence-electron chi connectivity index (χ4n) is 2.80. The third-order valence-electron chi connectivity index (χ3n) is 3.90. The Bertz CT molecular complexity index is 678. The summed E-state index contributed by atoms with van der Waals surface area (Å²) >= 11 is 0. The quantitative estimate of drug-likeness (QED) is 0.841. The van der Waals surface area contributed by atoms with Gasteiger partial charge in [-0.2, -0.15) is 0 Å². The lowest BCUT2D eigenvalue weighted by Crippen LogP contribution is -2.50. The second-order valence-electron chi connectivity index (χ2n) is 5.45. The minimum Gasteiger partial charge on any atom is -0.350 e. The van der Waals surface area contributed by atoms with Crippen molar-refractivity contribution >= 4 is 5.91 Å². The van der Waals surface area contributed by atoms with Crippen molar-refractivity contribution in [3.8, 4) is 0 Å². The zero-order chi connectivity index (χ0) is 16.2. The van der Waals surface area contributed by atoms with E-state index < -0.39 is 11.6 Å². The van der Waals surface area contributed by atoms with Crippen molar-refractivity contribution in [2.45, 2.75) is 24.9 Å². The molecule has 2 aromatic rings. The largest absolute Gasteiger partial charge is 0.350 e. The number of hydrogen-bond acceptors (Lipinski definition) is 5. The summed E-state index contributed by atoms with van der Waals surface area (Å²) < 4.78 is 27.9. The van der Waals surface area contributed by atoms with E-state index in [4.69, 9.17) is 0 Å². The van der Waals surface area contributed by atoms with Gasteiger partial charge in [-0.05, 0) is 41.1 Å². The molecule has 0 bridgehead atoms. The second kappa shape index (κ2) is 6.78. The number of carbonyl (C=O) groups is 1. The maximum Gasteiger partial charge on any atom is 0.242 e. The number of hydrogen-bond donors (Lipinski definition) is 2. The van der Waals surface area contributed by atoms with Crippen molar-refractivity contribution in [1.82, 2.24) is 30.8 Å². The van der Waals surface area contributed by atoms with Crippen molar-refractivity contribution in [3.05, 3.63) is 41.7 Å². The highest BCUT2D eigenvalue weighted by atomic mass is 19.2. The first kappa shape index (κ1) is 15.5. The number of halogens is 2. The van der Waals surface area contributed by atoms with Gasteiger partial charge in [0.15, 0.2) is 11.6 Å².